The molecule has 29 heavy (non-hydrogen) atoms. The van der Waals surface area contributed by atoms with Crippen molar-refractivity contribution >= 4 is 38.9 Å². The van der Waals surface area contributed by atoms with Crippen LogP contribution in [-0.4, -0.2) is 36.6 Å². The number of nitro groups is 1. The topological polar surface area (TPSA) is 110 Å². The molecule has 1 aliphatic rings. The average molecular weight is 438 g/mol. The van der Waals surface area contributed by atoms with Crippen molar-refractivity contribution in [3.05, 3.63) is 63.2 Å². The van der Waals surface area contributed by atoms with Gasteiger partial charge >= 0.3 is 0 Å². The highest BCUT2D eigenvalue weighted by Crippen LogP contribution is 2.27. The summed E-state index contributed by atoms with van der Waals surface area (Å²) in [5.41, 5.74) is 0.00715. The van der Waals surface area contributed by atoms with E-state index in [9.17, 15) is 23.3 Å². The number of nitrogens with one attached hydrogen (secondary N) is 1. The van der Waals surface area contributed by atoms with Gasteiger partial charge in [0.2, 0.25) is 10.0 Å². The van der Waals surface area contributed by atoms with Gasteiger partial charge in [-0.1, -0.05) is 24.6 Å². The van der Waals surface area contributed by atoms with E-state index < -0.39 is 20.9 Å². The Morgan fingerprint density at radius 3 is 2.55 bits per heavy atom. The Kier molecular flexibility index (Phi) is 6.21. The summed E-state index contributed by atoms with van der Waals surface area (Å²) in [7, 11) is -3.74. The van der Waals surface area contributed by atoms with E-state index in [-0.39, 0.29) is 26.9 Å². The van der Waals surface area contributed by atoms with Crippen molar-refractivity contribution in [2.24, 2.45) is 5.92 Å². The second-order valence-electron chi connectivity index (χ2n) is 6.99. The molecule has 0 saturated carbocycles. The molecule has 1 amide bonds. The molecule has 3 rings (SSSR count). The number of non-ortho nitro benzene ring substituents is 1. The first-order valence-electron chi connectivity index (χ1n) is 9.04. The number of carbonyl (C=O) groups is 1. The number of hydrogen-bond acceptors (Lipinski definition) is 5. The molecule has 0 aliphatic carbocycles. The number of halogens is 1. The van der Waals surface area contributed by atoms with Crippen LogP contribution in [-0.2, 0) is 10.0 Å². The van der Waals surface area contributed by atoms with E-state index in [0.29, 0.717) is 19.0 Å². The fraction of sp³-hybridized carbons (Fsp3) is 0.316. The zero-order chi connectivity index (χ0) is 21.2. The normalized spacial score (nSPS) is 15.8. The zero-order valence-corrected chi connectivity index (χ0v) is 17.2. The van der Waals surface area contributed by atoms with Gasteiger partial charge in [-0.05, 0) is 43.0 Å². The lowest BCUT2D eigenvalue weighted by Crippen LogP contribution is -2.37. The molecule has 0 spiro atoms. The minimum Gasteiger partial charge on any atom is -0.322 e. The smallest absolute Gasteiger partial charge is 0.271 e. The summed E-state index contributed by atoms with van der Waals surface area (Å²) in [5, 5.41) is 13.5. The predicted octanol–water partition coefficient (Wildman–Crippen LogP) is 3.92. The third-order valence-electron chi connectivity index (χ3n) is 4.88. The average Bonchev–Trinajstić information content (AvgIpc) is 2.68. The number of carbonyl (C=O) groups excluding carboxylic acids is 1. The Hall–Kier alpha value is -2.49. The van der Waals surface area contributed by atoms with Crippen LogP contribution in [0, 0.1) is 16.0 Å². The van der Waals surface area contributed by atoms with Crippen molar-refractivity contribution in [1.82, 2.24) is 4.31 Å². The van der Waals surface area contributed by atoms with Crippen LogP contribution >= 0.6 is 11.6 Å². The van der Waals surface area contributed by atoms with E-state index in [1.54, 1.807) is 0 Å². The molecule has 0 unspecified atom stereocenters. The highest BCUT2D eigenvalue weighted by Gasteiger charge is 2.29. The lowest BCUT2D eigenvalue weighted by molar-refractivity contribution is -0.384. The number of amides is 1. The van der Waals surface area contributed by atoms with E-state index >= 15 is 0 Å². The fourth-order valence-corrected chi connectivity index (χ4v) is 4.81. The van der Waals surface area contributed by atoms with E-state index in [1.165, 1.54) is 46.8 Å². The van der Waals surface area contributed by atoms with Gasteiger partial charge in [0.05, 0.1) is 20.4 Å². The maximum absolute atomic E-state index is 12.9. The van der Waals surface area contributed by atoms with Gasteiger partial charge in [-0.3, -0.25) is 14.9 Å². The van der Waals surface area contributed by atoms with Gasteiger partial charge < -0.3 is 5.32 Å². The first-order chi connectivity index (χ1) is 13.7. The number of nitro benzene ring substituents is 1. The summed E-state index contributed by atoms with van der Waals surface area (Å²) in [5.74, 6) is -0.178. The van der Waals surface area contributed by atoms with Gasteiger partial charge in [-0.2, -0.15) is 4.31 Å². The molecule has 2 aromatic rings. The Labute approximate surface area is 173 Å². The molecule has 1 saturated heterocycles. The maximum atomic E-state index is 12.9. The third kappa shape index (κ3) is 4.75. The molecular formula is C19H20ClN3O5S. The summed E-state index contributed by atoms with van der Waals surface area (Å²) in [6, 6.07) is 9.42. The van der Waals surface area contributed by atoms with Crippen LogP contribution < -0.4 is 5.32 Å². The summed E-state index contributed by atoms with van der Waals surface area (Å²) in [6.45, 7) is 2.95. The Balaban J connectivity index is 1.86. The summed E-state index contributed by atoms with van der Waals surface area (Å²) >= 11 is 6.12. The van der Waals surface area contributed by atoms with E-state index in [1.807, 2.05) is 0 Å². The quantitative estimate of drug-likeness (QED) is 0.563. The van der Waals surface area contributed by atoms with Gasteiger partial charge in [0.15, 0.2) is 0 Å². The summed E-state index contributed by atoms with van der Waals surface area (Å²) in [4.78, 5) is 22.9. The second kappa shape index (κ2) is 8.48. The lowest BCUT2D eigenvalue weighted by Gasteiger charge is -2.29. The fourth-order valence-electron chi connectivity index (χ4n) is 3.11. The monoisotopic (exact) mass is 437 g/mol. The van der Waals surface area contributed by atoms with Crippen LogP contribution in [0.4, 0.5) is 11.4 Å². The van der Waals surface area contributed by atoms with Crippen molar-refractivity contribution in [2.45, 2.75) is 24.7 Å². The highest BCUT2D eigenvalue weighted by molar-refractivity contribution is 7.89. The number of benzene rings is 2. The Morgan fingerprint density at radius 1 is 1.21 bits per heavy atom. The molecule has 0 atom stereocenters. The molecule has 1 aliphatic heterocycles. The van der Waals surface area contributed by atoms with Crippen molar-refractivity contribution in [3.8, 4) is 0 Å². The van der Waals surface area contributed by atoms with Crippen LogP contribution in [0.5, 0.6) is 0 Å². The van der Waals surface area contributed by atoms with Gasteiger partial charge in [0.1, 0.15) is 0 Å². The Morgan fingerprint density at radius 2 is 1.90 bits per heavy atom. The van der Waals surface area contributed by atoms with E-state index in [4.69, 9.17) is 11.6 Å². The summed E-state index contributed by atoms with van der Waals surface area (Å²) < 4.78 is 27.3. The minimum absolute atomic E-state index is 0.0133. The zero-order valence-electron chi connectivity index (χ0n) is 15.7. The SMILES string of the molecule is CC1CCN(S(=O)(=O)c2ccc(Cl)c(C(=O)Nc3cccc([N+](=O)[O-])c3)c2)CC1. The highest BCUT2D eigenvalue weighted by atomic mass is 35.5. The molecule has 154 valence electrons. The second-order valence-corrected chi connectivity index (χ2v) is 9.33. The van der Waals surface area contributed by atoms with Crippen molar-refractivity contribution in [2.75, 3.05) is 18.4 Å². The molecule has 10 heteroatoms. The van der Waals surface area contributed by atoms with Crippen molar-refractivity contribution < 1.29 is 18.1 Å². The minimum atomic E-state index is -3.74. The number of rotatable bonds is 5. The molecule has 2 aromatic carbocycles. The first-order valence-corrected chi connectivity index (χ1v) is 10.9. The first kappa shape index (κ1) is 21.2. The molecule has 0 radical (unpaired) electrons. The van der Waals surface area contributed by atoms with Gasteiger partial charge in [0, 0.05) is 30.9 Å². The largest absolute Gasteiger partial charge is 0.322 e. The van der Waals surface area contributed by atoms with E-state index in [0.717, 1.165) is 12.8 Å². The maximum Gasteiger partial charge on any atom is 0.271 e. The number of anilines is 1. The standard InChI is InChI=1S/C19H20ClN3O5S/c1-13-7-9-22(10-8-13)29(27,28)16-5-6-18(20)17(12-16)19(24)21-14-3-2-4-15(11-14)23(25)26/h2-6,11-13H,7-10H2,1H3,(H,21,24). The molecule has 1 N–H and O–H groups in total. The predicted molar refractivity (Wildman–Crippen MR) is 110 cm³/mol. The van der Waals surface area contributed by atoms with Crippen LogP contribution in [0.2, 0.25) is 5.02 Å². The van der Waals surface area contributed by atoms with Crippen LogP contribution in [0.1, 0.15) is 30.1 Å². The van der Waals surface area contributed by atoms with E-state index in [2.05, 4.69) is 12.2 Å². The number of piperidine rings is 1. The number of nitrogens with zero attached hydrogens (tertiary/aromatic N) is 2. The van der Waals surface area contributed by atoms with Crippen LogP contribution in [0.15, 0.2) is 47.4 Å². The van der Waals surface area contributed by atoms with Gasteiger partial charge in [-0.25, -0.2) is 8.42 Å². The molecule has 0 bridgehead atoms. The summed E-state index contributed by atoms with van der Waals surface area (Å²) in [6.07, 6.45) is 1.57. The molecule has 1 fully saturated rings. The van der Waals surface area contributed by atoms with Gasteiger partial charge in [0.25, 0.3) is 11.6 Å². The van der Waals surface area contributed by atoms with Crippen LogP contribution in [0.25, 0.3) is 0 Å². The number of hydrogen-bond donors (Lipinski definition) is 1. The molecule has 1 heterocycles. The molecule has 8 nitrogen and oxygen atoms in total. The third-order valence-corrected chi connectivity index (χ3v) is 7.10. The lowest BCUT2D eigenvalue weighted by atomic mass is 10.0. The molecular weight excluding hydrogens is 418 g/mol. The van der Waals surface area contributed by atoms with Gasteiger partial charge in [-0.15, -0.1) is 0 Å². The van der Waals surface area contributed by atoms with Crippen molar-refractivity contribution in [3.63, 3.8) is 0 Å². The van der Waals surface area contributed by atoms with Crippen molar-refractivity contribution in [1.29, 1.82) is 0 Å². The Bertz CT molecular complexity index is 1050. The molecule has 0 aromatic heterocycles. The number of sulfonamides is 1. The van der Waals surface area contributed by atoms with Crippen LogP contribution in [0.3, 0.4) is 0 Å².